The van der Waals surface area contributed by atoms with Gasteiger partial charge in [-0.15, -0.1) is 6.58 Å². The first-order valence-electron chi connectivity index (χ1n) is 3.30. The maximum absolute atomic E-state index is 10.9. The highest BCUT2D eigenvalue weighted by atomic mass is 32.2. The van der Waals surface area contributed by atoms with Crippen molar-refractivity contribution in [2.45, 2.75) is 5.25 Å². The van der Waals surface area contributed by atoms with Gasteiger partial charge in [-0.25, -0.2) is 0 Å². The van der Waals surface area contributed by atoms with Crippen molar-refractivity contribution < 1.29 is 22.5 Å². The number of carbonyl (C=O) groups excluding carboxylic acids is 1. The lowest BCUT2D eigenvalue weighted by Gasteiger charge is -2.07. The van der Waals surface area contributed by atoms with Crippen LogP contribution in [0.3, 0.4) is 0 Å². The van der Waals surface area contributed by atoms with E-state index in [0.29, 0.717) is 0 Å². The predicted molar refractivity (Wildman–Crippen MR) is 46.7 cm³/mol. The molecule has 0 aliphatic heterocycles. The molecule has 0 saturated carbocycles. The number of rotatable bonds is 5. The van der Waals surface area contributed by atoms with Crippen molar-refractivity contribution in [2.75, 3.05) is 6.61 Å². The second-order valence-corrected chi connectivity index (χ2v) is 3.63. The Labute approximate surface area is 76.5 Å². The number of hydrogen-bond acceptors (Lipinski definition) is 4. The quantitative estimate of drug-likeness (QED) is 0.393. The summed E-state index contributed by atoms with van der Waals surface area (Å²) in [5, 5.41) is -1.73. The molecule has 0 aliphatic carbocycles. The highest BCUT2D eigenvalue weighted by molar-refractivity contribution is 7.87. The largest absolute Gasteiger partial charge is 0.460 e. The predicted octanol–water partition coefficient (Wildman–Crippen LogP) is 0.158. The van der Waals surface area contributed by atoms with Crippen LogP contribution in [-0.2, 0) is 19.6 Å². The zero-order chi connectivity index (χ0) is 10.5. The van der Waals surface area contributed by atoms with Crippen molar-refractivity contribution in [2.24, 2.45) is 0 Å². The number of esters is 1. The molecule has 0 heterocycles. The van der Waals surface area contributed by atoms with Crippen molar-refractivity contribution in [1.29, 1.82) is 0 Å². The molecule has 0 fully saturated rings. The van der Waals surface area contributed by atoms with Crippen LogP contribution in [0.25, 0.3) is 0 Å². The molecule has 0 aromatic heterocycles. The Bertz CT molecular complexity index is 303. The minimum atomic E-state index is -4.47. The van der Waals surface area contributed by atoms with Crippen molar-refractivity contribution in [1.82, 2.24) is 0 Å². The molecule has 13 heavy (non-hydrogen) atoms. The molecule has 74 valence electrons. The van der Waals surface area contributed by atoms with E-state index in [4.69, 9.17) is 4.55 Å². The Morgan fingerprint density at radius 2 is 2.08 bits per heavy atom. The summed E-state index contributed by atoms with van der Waals surface area (Å²) < 4.78 is 34.0. The van der Waals surface area contributed by atoms with Crippen LogP contribution < -0.4 is 0 Å². The maximum Gasteiger partial charge on any atom is 0.331 e. The van der Waals surface area contributed by atoms with Crippen molar-refractivity contribution >= 4 is 16.1 Å². The van der Waals surface area contributed by atoms with Crippen LogP contribution in [-0.4, -0.2) is 30.8 Å². The molecule has 0 spiro atoms. The Morgan fingerprint density at radius 1 is 1.54 bits per heavy atom. The molecule has 0 rings (SSSR count). The fourth-order valence-electron chi connectivity index (χ4n) is 0.563. The monoisotopic (exact) mass is 206 g/mol. The molecule has 1 unspecified atom stereocenters. The van der Waals surface area contributed by atoms with Gasteiger partial charge < -0.3 is 4.74 Å². The summed E-state index contributed by atoms with van der Waals surface area (Å²) in [6, 6.07) is 0. The van der Waals surface area contributed by atoms with Crippen LogP contribution in [0.5, 0.6) is 0 Å². The van der Waals surface area contributed by atoms with E-state index < -0.39 is 21.3 Å². The van der Waals surface area contributed by atoms with Crippen LogP contribution in [0.4, 0.5) is 0 Å². The van der Waals surface area contributed by atoms with Gasteiger partial charge in [-0.1, -0.05) is 18.7 Å². The molecule has 1 N–H and O–H groups in total. The molecule has 0 aliphatic rings. The lowest BCUT2D eigenvalue weighted by molar-refractivity contribution is -0.141. The highest BCUT2D eigenvalue weighted by Gasteiger charge is 2.28. The number of carbonyl (C=O) groups is 1. The second-order valence-electron chi connectivity index (χ2n) is 2.09. The SMILES string of the molecule is C=CCOC(=O)C(C=C)S(=O)(=O)O. The second kappa shape index (κ2) is 4.78. The van der Waals surface area contributed by atoms with Gasteiger partial charge in [0.2, 0.25) is 5.25 Å². The summed E-state index contributed by atoms with van der Waals surface area (Å²) >= 11 is 0. The van der Waals surface area contributed by atoms with E-state index in [-0.39, 0.29) is 6.61 Å². The smallest absolute Gasteiger partial charge is 0.331 e. The summed E-state index contributed by atoms with van der Waals surface area (Å²) in [6.07, 6.45) is 2.07. The summed E-state index contributed by atoms with van der Waals surface area (Å²) in [5.41, 5.74) is 0. The van der Waals surface area contributed by atoms with Gasteiger partial charge in [0.25, 0.3) is 10.1 Å². The molecule has 5 nitrogen and oxygen atoms in total. The topological polar surface area (TPSA) is 80.7 Å². The van der Waals surface area contributed by atoms with Crippen LogP contribution in [0.15, 0.2) is 25.3 Å². The Morgan fingerprint density at radius 3 is 2.38 bits per heavy atom. The van der Waals surface area contributed by atoms with Crippen LogP contribution in [0, 0.1) is 0 Å². The first kappa shape index (κ1) is 11.9. The van der Waals surface area contributed by atoms with Gasteiger partial charge in [0.15, 0.2) is 0 Å². The van der Waals surface area contributed by atoms with Crippen molar-refractivity contribution in [3.8, 4) is 0 Å². The fraction of sp³-hybridized carbons (Fsp3) is 0.286. The van der Waals surface area contributed by atoms with Gasteiger partial charge in [0.1, 0.15) is 6.61 Å². The van der Waals surface area contributed by atoms with E-state index in [0.717, 1.165) is 6.08 Å². The van der Waals surface area contributed by atoms with Gasteiger partial charge in [0.05, 0.1) is 0 Å². The van der Waals surface area contributed by atoms with Gasteiger partial charge in [-0.05, 0) is 0 Å². The van der Waals surface area contributed by atoms with Crippen LogP contribution in [0.1, 0.15) is 0 Å². The minimum absolute atomic E-state index is 0.112. The van der Waals surface area contributed by atoms with E-state index in [9.17, 15) is 13.2 Å². The standard InChI is InChI=1S/C7H10O5S/c1-3-5-12-7(8)6(4-2)13(9,10)11/h3-4,6H,1-2,5H2,(H,9,10,11). The van der Waals surface area contributed by atoms with Gasteiger partial charge in [-0.2, -0.15) is 8.42 Å². The summed E-state index contributed by atoms with van der Waals surface area (Å²) in [4.78, 5) is 10.9. The van der Waals surface area contributed by atoms with Crippen molar-refractivity contribution in [3.05, 3.63) is 25.3 Å². The summed E-state index contributed by atoms with van der Waals surface area (Å²) in [5.74, 6) is -1.07. The number of hydrogen-bond donors (Lipinski definition) is 1. The molecular formula is C7H10O5S. The van der Waals surface area contributed by atoms with Crippen molar-refractivity contribution in [3.63, 3.8) is 0 Å². The van der Waals surface area contributed by atoms with Gasteiger partial charge in [0, 0.05) is 0 Å². The Balaban J connectivity index is 4.51. The zero-order valence-corrected chi connectivity index (χ0v) is 7.66. The molecule has 0 saturated heterocycles. The van der Waals surface area contributed by atoms with Crippen LogP contribution in [0.2, 0.25) is 0 Å². The summed E-state index contributed by atoms with van der Waals surface area (Å²) in [6.45, 7) is 6.24. The Kier molecular flexibility index (Phi) is 4.36. The third kappa shape index (κ3) is 3.86. The van der Waals surface area contributed by atoms with E-state index in [1.54, 1.807) is 0 Å². The third-order valence-electron chi connectivity index (χ3n) is 1.11. The molecule has 0 amide bonds. The average Bonchev–Trinajstić information content (AvgIpc) is 1.99. The fourth-order valence-corrected chi connectivity index (χ4v) is 1.12. The van der Waals surface area contributed by atoms with E-state index in [1.807, 2.05) is 0 Å². The first-order valence-corrected chi connectivity index (χ1v) is 4.80. The molecular weight excluding hydrogens is 196 g/mol. The van der Waals surface area contributed by atoms with Crippen LogP contribution >= 0.6 is 0 Å². The Hall–Kier alpha value is -1.14. The average molecular weight is 206 g/mol. The minimum Gasteiger partial charge on any atom is -0.460 e. The summed E-state index contributed by atoms with van der Waals surface area (Å²) in [7, 11) is -4.47. The molecule has 6 heteroatoms. The van der Waals surface area contributed by atoms with E-state index >= 15 is 0 Å². The number of ether oxygens (including phenoxy) is 1. The lowest BCUT2D eigenvalue weighted by atomic mass is 10.4. The zero-order valence-electron chi connectivity index (χ0n) is 6.84. The molecule has 0 radical (unpaired) electrons. The van der Waals surface area contributed by atoms with E-state index in [1.165, 1.54) is 6.08 Å². The molecule has 0 aromatic rings. The van der Waals surface area contributed by atoms with E-state index in [2.05, 4.69) is 17.9 Å². The maximum atomic E-state index is 10.9. The molecule has 1 atom stereocenters. The van der Waals surface area contributed by atoms with Gasteiger partial charge in [-0.3, -0.25) is 9.35 Å². The molecule has 0 bridgehead atoms. The first-order chi connectivity index (χ1) is 5.93. The van der Waals surface area contributed by atoms with Gasteiger partial charge >= 0.3 is 5.97 Å². The third-order valence-corrected chi connectivity index (χ3v) is 2.14. The lowest BCUT2D eigenvalue weighted by Crippen LogP contribution is -2.29. The normalized spacial score (nSPS) is 13.0. The molecule has 0 aromatic carbocycles. The highest BCUT2D eigenvalue weighted by Crippen LogP contribution is 2.02.